The molecular formula is C18H16N4O2S. The van der Waals surface area contributed by atoms with Gasteiger partial charge in [0.1, 0.15) is 34.3 Å². The zero-order valence-corrected chi connectivity index (χ0v) is 14.5. The Morgan fingerprint density at radius 3 is 2.44 bits per heavy atom. The number of thioether (sulfide) groups is 1. The molecule has 0 aliphatic carbocycles. The first-order valence-corrected chi connectivity index (χ1v) is 8.65. The minimum atomic E-state index is 0.139. The molecule has 1 aliphatic heterocycles. The molecule has 2 N–H and O–H groups in total. The Hall–Kier alpha value is -2.74. The van der Waals surface area contributed by atoms with E-state index in [-0.39, 0.29) is 11.4 Å². The van der Waals surface area contributed by atoms with Gasteiger partial charge in [-0.1, -0.05) is 12.1 Å². The quantitative estimate of drug-likeness (QED) is 0.825. The molecule has 3 rings (SSSR count). The number of benzene rings is 1. The largest absolute Gasteiger partial charge is 0.497 e. The van der Waals surface area contributed by atoms with Crippen LogP contribution in [-0.4, -0.2) is 31.1 Å². The highest BCUT2D eigenvalue weighted by Gasteiger charge is 2.23. The molecule has 1 fully saturated rings. The summed E-state index contributed by atoms with van der Waals surface area (Å²) in [5.74, 6) is 2.09. The zero-order valence-electron chi connectivity index (χ0n) is 13.7. The summed E-state index contributed by atoms with van der Waals surface area (Å²) >= 11 is 1.48. The fraction of sp³-hybridized carbons (Fsp3) is 0.278. The van der Waals surface area contributed by atoms with Crippen LogP contribution in [0.1, 0.15) is 11.1 Å². The molecule has 0 amide bonds. The van der Waals surface area contributed by atoms with Crippen LogP contribution in [0.15, 0.2) is 29.3 Å². The zero-order chi connectivity index (χ0) is 17.8. The summed E-state index contributed by atoms with van der Waals surface area (Å²) in [6.45, 7) is 1.46. The van der Waals surface area contributed by atoms with Crippen LogP contribution in [0.5, 0.6) is 5.75 Å². The summed E-state index contributed by atoms with van der Waals surface area (Å²) in [7, 11) is 1.58. The van der Waals surface area contributed by atoms with E-state index in [0.717, 1.165) is 24.5 Å². The third-order valence-electron chi connectivity index (χ3n) is 3.96. The number of methoxy groups -OCH3 is 1. The molecule has 0 unspecified atom stereocenters. The molecule has 0 spiro atoms. The highest BCUT2D eigenvalue weighted by atomic mass is 32.2. The Morgan fingerprint density at radius 2 is 1.92 bits per heavy atom. The van der Waals surface area contributed by atoms with Crippen LogP contribution in [0.3, 0.4) is 0 Å². The van der Waals surface area contributed by atoms with Gasteiger partial charge in [-0.2, -0.15) is 10.5 Å². The average Bonchev–Trinajstić information content (AvgIpc) is 2.60. The van der Waals surface area contributed by atoms with Crippen LogP contribution in [0.2, 0.25) is 0 Å². The van der Waals surface area contributed by atoms with Gasteiger partial charge in [-0.15, -0.1) is 11.8 Å². The maximum Gasteiger partial charge on any atom is 0.143 e. The summed E-state index contributed by atoms with van der Waals surface area (Å²) in [6.07, 6.45) is 0. The second-order valence-electron chi connectivity index (χ2n) is 5.59. The van der Waals surface area contributed by atoms with Crippen LogP contribution in [-0.2, 0) is 4.74 Å². The van der Waals surface area contributed by atoms with Gasteiger partial charge in [-0.25, -0.2) is 4.98 Å². The fourth-order valence-electron chi connectivity index (χ4n) is 2.53. The number of ether oxygens (including phenoxy) is 2. The van der Waals surface area contributed by atoms with E-state index in [2.05, 4.69) is 17.1 Å². The Kier molecular flexibility index (Phi) is 5.08. The predicted molar refractivity (Wildman–Crippen MR) is 95.1 cm³/mol. The van der Waals surface area contributed by atoms with Crippen molar-refractivity contribution in [2.45, 2.75) is 5.03 Å². The summed E-state index contributed by atoms with van der Waals surface area (Å²) in [6, 6.07) is 11.5. The molecule has 1 saturated heterocycles. The normalized spacial score (nSPS) is 13.6. The molecule has 126 valence electrons. The van der Waals surface area contributed by atoms with Gasteiger partial charge >= 0.3 is 0 Å². The number of anilines is 1. The first-order chi connectivity index (χ1) is 12.2. The van der Waals surface area contributed by atoms with Crippen molar-refractivity contribution in [1.29, 1.82) is 10.5 Å². The van der Waals surface area contributed by atoms with Crippen molar-refractivity contribution in [2.75, 3.05) is 31.8 Å². The molecular weight excluding hydrogens is 336 g/mol. The molecule has 7 heteroatoms. The lowest BCUT2D eigenvalue weighted by molar-refractivity contribution is -0.0196. The highest BCUT2D eigenvalue weighted by Crippen LogP contribution is 2.37. The molecule has 2 heterocycles. The van der Waals surface area contributed by atoms with Crippen molar-refractivity contribution in [3.63, 3.8) is 0 Å². The lowest BCUT2D eigenvalue weighted by Crippen LogP contribution is -2.29. The number of nitrogen functional groups attached to an aromatic ring is 1. The standard InChI is InChI=1S/C18H16N4O2S/c1-23-13-4-2-12(3-5-13)16-14(6-19)17(21)22-18(15(16)7-20)25-10-11-8-24-9-11/h2-5,11H,8-10H2,1H3,(H2,21,22). The van der Waals surface area contributed by atoms with Gasteiger partial charge < -0.3 is 15.2 Å². The Morgan fingerprint density at radius 1 is 1.24 bits per heavy atom. The van der Waals surface area contributed by atoms with Crippen LogP contribution in [0.4, 0.5) is 5.82 Å². The number of hydrogen-bond acceptors (Lipinski definition) is 7. The fourth-order valence-corrected chi connectivity index (χ4v) is 3.57. The molecule has 1 aromatic heterocycles. The van der Waals surface area contributed by atoms with E-state index < -0.39 is 0 Å². The van der Waals surface area contributed by atoms with E-state index in [1.807, 2.05) is 12.1 Å². The predicted octanol–water partition coefficient (Wildman–Crippen LogP) is 2.82. The van der Waals surface area contributed by atoms with E-state index >= 15 is 0 Å². The van der Waals surface area contributed by atoms with Crippen molar-refractivity contribution in [3.8, 4) is 29.0 Å². The summed E-state index contributed by atoms with van der Waals surface area (Å²) in [4.78, 5) is 4.30. The van der Waals surface area contributed by atoms with Crippen molar-refractivity contribution < 1.29 is 9.47 Å². The van der Waals surface area contributed by atoms with Crippen LogP contribution < -0.4 is 10.5 Å². The van der Waals surface area contributed by atoms with E-state index in [4.69, 9.17) is 15.2 Å². The van der Waals surface area contributed by atoms with E-state index in [9.17, 15) is 10.5 Å². The van der Waals surface area contributed by atoms with Crippen molar-refractivity contribution in [3.05, 3.63) is 35.4 Å². The first-order valence-electron chi connectivity index (χ1n) is 7.66. The van der Waals surface area contributed by atoms with Gasteiger partial charge in [0.15, 0.2) is 0 Å². The summed E-state index contributed by atoms with van der Waals surface area (Å²) in [5, 5.41) is 19.8. The monoisotopic (exact) mass is 352 g/mol. The van der Waals surface area contributed by atoms with E-state index in [1.54, 1.807) is 19.2 Å². The number of pyridine rings is 1. The number of rotatable bonds is 5. The van der Waals surface area contributed by atoms with Crippen molar-refractivity contribution in [1.82, 2.24) is 4.98 Å². The van der Waals surface area contributed by atoms with Crippen LogP contribution in [0, 0.1) is 28.6 Å². The van der Waals surface area contributed by atoms with Gasteiger partial charge in [-0.3, -0.25) is 0 Å². The molecule has 0 atom stereocenters. The number of hydrogen-bond donors (Lipinski definition) is 1. The molecule has 0 radical (unpaired) electrons. The second kappa shape index (κ2) is 7.43. The maximum atomic E-state index is 9.71. The molecule has 1 aliphatic rings. The Balaban J connectivity index is 2.08. The second-order valence-corrected chi connectivity index (χ2v) is 6.60. The van der Waals surface area contributed by atoms with Gasteiger partial charge in [-0.05, 0) is 17.7 Å². The smallest absolute Gasteiger partial charge is 0.143 e. The first kappa shape index (κ1) is 17.1. The van der Waals surface area contributed by atoms with E-state index in [0.29, 0.717) is 27.8 Å². The molecule has 6 nitrogen and oxygen atoms in total. The Labute approximate surface area is 150 Å². The molecule has 0 bridgehead atoms. The maximum absolute atomic E-state index is 9.71. The Bertz CT molecular complexity index is 865. The van der Waals surface area contributed by atoms with Gasteiger partial charge in [0.2, 0.25) is 0 Å². The van der Waals surface area contributed by atoms with Crippen LogP contribution >= 0.6 is 11.8 Å². The lowest BCUT2D eigenvalue weighted by atomic mass is 9.97. The number of nitriles is 2. The number of aromatic nitrogens is 1. The minimum Gasteiger partial charge on any atom is -0.497 e. The molecule has 25 heavy (non-hydrogen) atoms. The van der Waals surface area contributed by atoms with Gasteiger partial charge in [0, 0.05) is 17.2 Å². The molecule has 2 aromatic rings. The van der Waals surface area contributed by atoms with Crippen LogP contribution in [0.25, 0.3) is 11.1 Å². The number of nitrogens with zero attached hydrogens (tertiary/aromatic N) is 3. The van der Waals surface area contributed by atoms with Gasteiger partial charge in [0.25, 0.3) is 0 Å². The lowest BCUT2D eigenvalue weighted by Gasteiger charge is -2.25. The molecule has 1 aromatic carbocycles. The summed E-state index contributed by atoms with van der Waals surface area (Å²) in [5.41, 5.74) is 7.85. The van der Waals surface area contributed by atoms with Crippen molar-refractivity contribution >= 4 is 17.6 Å². The third kappa shape index (κ3) is 3.39. The van der Waals surface area contributed by atoms with E-state index in [1.165, 1.54) is 11.8 Å². The molecule has 0 saturated carbocycles. The number of nitrogens with two attached hydrogens (primary N) is 1. The summed E-state index contributed by atoms with van der Waals surface area (Å²) < 4.78 is 10.3. The third-order valence-corrected chi connectivity index (χ3v) is 5.16. The topological polar surface area (TPSA) is 105 Å². The highest BCUT2D eigenvalue weighted by molar-refractivity contribution is 7.99. The SMILES string of the molecule is COc1ccc(-c2c(C#N)c(N)nc(SCC3COC3)c2C#N)cc1. The van der Waals surface area contributed by atoms with Crippen molar-refractivity contribution in [2.24, 2.45) is 5.92 Å². The average molecular weight is 352 g/mol. The minimum absolute atomic E-state index is 0.139. The van der Waals surface area contributed by atoms with Gasteiger partial charge in [0.05, 0.1) is 25.9 Å².